The van der Waals surface area contributed by atoms with Gasteiger partial charge >= 0.3 is 0 Å². The largest absolute Gasteiger partial charge is 0.234 e. The van der Waals surface area contributed by atoms with Crippen molar-refractivity contribution in [3.63, 3.8) is 0 Å². The lowest BCUT2D eigenvalue weighted by Crippen LogP contribution is -1.85. The monoisotopic (exact) mass is 260 g/mol. The van der Waals surface area contributed by atoms with E-state index in [0.717, 1.165) is 37.2 Å². The average molecular weight is 260 g/mol. The molecule has 0 aromatic heterocycles. The molecule has 0 heterocycles. The normalized spacial score (nSPS) is 9.25. The number of aliphatic imine (C=N–C) groups is 2. The minimum Gasteiger partial charge on any atom is -0.211 e. The second-order valence-corrected chi connectivity index (χ2v) is 5.71. The van der Waals surface area contributed by atoms with E-state index in [1.165, 1.54) is 12.2 Å². The van der Waals surface area contributed by atoms with Gasteiger partial charge in [0.25, 0.3) is 0 Å². The van der Waals surface area contributed by atoms with E-state index in [4.69, 9.17) is 0 Å². The summed E-state index contributed by atoms with van der Waals surface area (Å²) >= 11 is 0. The maximum atomic E-state index is 9.75. The zero-order chi connectivity index (χ0) is 11.9. The highest BCUT2D eigenvalue weighted by molar-refractivity contribution is 8.76. The van der Waals surface area contributed by atoms with E-state index in [-0.39, 0.29) is 0 Å². The van der Waals surface area contributed by atoms with Gasteiger partial charge in [-0.25, -0.2) is 19.6 Å². The zero-order valence-electron chi connectivity index (χ0n) is 9.18. The van der Waals surface area contributed by atoms with E-state index >= 15 is 0 Å². The summed E-state index contributed by atoms with van der Waals surface area (Å²) in [7, 11) is 3.69. The Labute approximate surface area is 104 Å². The van der Waals surface area contributed by atoms with Crippen LogP contribution in [0, 0.1) is 0 Å². The Bertz CT molecular complexity index is 223. The zero-order valence-corrected chi connectivity index (χ0v) is 10.8. The first-order chi connectivity index (χ1) is 7.91. The summed E-state index contributed by atoms with van der Waals surface area (Å²) in [6.07, 6.45) is 7.13. The highest BCUT2D eigenvalue weighted by Crippen LogP contribution is 2.23. The second kappa shape index (κ2) is 14.5. The molecule has 0 saturated carbocycles. The third-order valence-electron chi connectivity index (χ3n) is 1.71. The smallest absolute Gasteiger partial charge is 0.211 e. The van der Waals surface area contributed by atoms with Gasteiger partial charge in [0.15, 0.2) is 0 Å². The van der Waals surface area contributed by atoms with Crippen molar-refractivity contribution < 1.29 is 9.59 Å². The van der Waals surface area contributed by atoms with Gasteiger partial charge in [0.05, 0.1) is 13.1 Å². The van der Waals surface area contributed by atoms with E-state index < -0.39 is 0 Å². The number of rotatable bonds is 11. The van der Waals surface area contributed by atoms with Crippen LogP contribution >= 0.6 is 21.6 Å². The summed E-state index contributed by atoms with van der Waals surface area (Å²) in [4.78, 5) is 26.5. The maximum absolute atomic E-state index is 9.75. The van der Waals surface area contributed by atoms with Crippen LogP contribution in [0.5, 0.6) is 0 Å². The van der Waals surface area contributed by atoms with Gasteiger partial charge in [0.2, 0.25) is 12.2 Å². The second-order valence-electron chi connectivity index (χ2n) is 3.00. The van der Waals surface area contributed by atoms with Crippen molar-refractivity contribution in [3.05, 3.63) is 0 Å². The van der Waals surface area contributed by atoms with Gasteiger partial charge in [-0.2, -0.15) is 0 Å². The fourth-order valence-corrected chi connectivity index (χ4v) is 3.21. The Morgan fingerprint density at radius 1 is 0.750 bits per heavy atom. The minimum absolute atomic E-state index is 0.596. The van der Waals surface area contributed by atoms with Gasteiger partial charge in [-0.15, -0.1) is 0 Å². The van der Waals surface area contributed by atoms with Crippen molar-refractivity contribution in [1.82, 2.24) is 0 Å². The molecule has 6 heteroatoms. The highest BCUT2D eigenvalue weighted by atomic mass is 33.1. The predicted molar refractivity (Wildman–Crippen MR) is 69.4 cm³/mol. The molecule has 0 saturated heterocycles. The molecule has 0 amide bonds. The van der Waals surface area contributed by atoms with Gasteiger partial charge in [0, 0.05) is 11.5 Å². The molecule has 0 aliphatic rings. The lowest BCUT2D eigenvalue weighted by molar-refractivity contribution is 0.561. The fraction of sp³-hybridized carbons (Fsp3) is 0.800. The number of unbranched alkanes of at least 4 members (excludes halogenated alkanes) is 2. The Morgan fingerprint density at radius 2 is 1.19 bits per heavy atom. The molecule has 0 aromatic carbocycles. The first kappa shape index (κ1) is 15.5. The molecule has 0 spiro atoms. The maximum Gasteiger partial charge on any atom is 0.234 e. The molecule has 0 aliphatic heterocycles. The van der Waals surface area contributed by atoms with Crippen LogP contribution in [0.2, 0.25) is 0 Å². The first-order valence-electron chi connectivity index (χ1n) is 5.23. The highest BCUT2D eigenvalue weighted by Gasteiger charge is 1.92. The molecule has 0 aliphatic carbocycles. The molecule has 4 nitrogen and oxygen atoms in total. The van der Waals surface area contributed by atoms with E-state index in [1.807, 2.05) is 21.6 Å². The summed E-state index contributed by atoms with van der Waals surface area (Å²) in [5.74, 6) is 2.18. The van der Waals surface area contributed by atoms with Crippen molar-refractivity contribution in [2.45, 2.75) is 25.7 Å². The molecule has 90 valence electrons. The van der Waals surface area contributed by atoms with Crippen LogP contribution in [0.1, 0.15) is 25.7 Å². The Morgan fingerprint density at radius 3 is 1.56 bits per heavy atom. The molecule has 0 N–H and O–H groups in total. The molecular formula is C10H16N2O2S2. The third-order valence-corrected chi connectivity index (χ3v) is 4.28. The molecular weight excluding hydrogens is 244 g/mol. The van der Waals surface area contributed by atoms with Crippen LogP contribution in [-0.4, -0.2) is 36.8 Å². The lowest BCUT2D eigenvalue weighted by Gasteiger charge is -1.99. The van der Waals surface area contributed by atoms with E-state index in [1.54, 1.807) is 0 Å². The molecule has 0 aromatic rings. The Balaban J connectivity index is 2.98. The van der Waals surface area contributed by atoms with Crippen LogP contribution in [0.15, 0.2) is 9.98 Å². The van der Waals surface area contributed by atoms with Crippen molar-refractivity contribution in [1.29, 1.82) is 0 Å². The minimum atomic E-state index is 0.596. The van der Waals surface area contributed by atoms with E-state index in [9.17, 15) is 9.59 Å². The van der Waals surface area contributed by atoms with Crippen LogP contribution < -0.4 is 0 Å². The van der Waals surface area contributed by atoms with Crippen LogP contribution in [0.25, 0.3) is 0 Å². The van der Waals surface area contributed by atoms with Gasteiger partial charge < -0.3 is 0 Å². The Kier molecular flexibility index (Phi) is 14.0. The molecule has 0 unspecified atom stereocenters. The molecule has 0 atom stereocenters. The number of isocyanates is 2. The van der Waals surface area contributed by atoms with E-state index in [0.29, 0.717) is 13.1 Å². The summed E-state index contributed by atoms with van der Waals surface area (Å²) in [5.41, 5.74) is 0. The summed E-state index contributed by atoms with van der Waals surface area (Å²) < 4.78 is 0. The van der Waals surface area contributed by atoms with E-state index in [2.05, 4.69) is 9.98 Å². The molecule has 0 radical (unpaired) electrons. The van der Waals surface area contributed by atoms with Crippen molar-refractivity contribution in [2.75, 3.05) is 24.6 Å². The lowest BCUT2D eigenvalue weighted by atomic mass is 10.3. The number of hydrogen-bond donors (Lipinski definition) is 0. The van der Waals surface area contributed by atoms with Crippen LogP contribution in [0.4, 0.5) is 0 Å². The first-order valence-corrected chi connectivity index (χ1v) is 7.72. The van der Waals surface area contributed by atoms with Crippen molar-refractivity contribution in [2.24, 2.45) is 9.98 Å². The molecule has 0 rings (SSSR count). The number of carbonyl (C=O) groups excluding carboxylic acids is 2. The van der Waals surface area contributed by atoms with Crippen molar-refractivity contribution >= 4 is 33.7 Å². The molecule has 0 bridgehead atoms. The summed E-state index contributed by atoms with van der Waals surface area (Å²) in [6.45, 7) is 1.19. The van der Waals surface area contributed by atoms with Gasteiger partial charge in [-0.1, -0.05) is 21.6 Å². The number of hydrogen-bond acceptors (Lipinski definition) is 6. The van der Waals surface area contributed by atoms with Crippen LogP contribution in [-0.2, 0) is 9.59 Å². The molecule has 16 heavy (non-hydrogen) atoms. The average Bonchev–Trinajstić information content (AvgIpc) is 2.31. The number of nitrogens with zero attached hydrogens (tertiary/aromatic N) is 2. The predicted octanol–water partition coefficient (Wildman–Crippen LogP) is 2.60. The SMILES string of the molecule is O=C=NCCCCSSCCCCN=C=O. The summed E-state index contributed by atoms with van der Waals surface area (Å²) in [6, 6.07) is 0. The van der Waals surface area contributed by atoms with Gasteiger partial charge in [0.1, 0.15) is 0 Å². The van der Waals surface area contributed by atoms with Crippen LogP contribution in [0.3, 0.4) is 0 Å². The quantitative estimate of drug-likeness (QED) is 0.248. The topological polar surface area (TPSA) is 58.9 Å². The van der Waals surface area contributed by atoms with Gasteiger partial charge in [-0.05, 0) is 25.7 Å². The summed E-state index contributed by atoms with van der Waals surface area (Å²) in [5, 5.41) is 0. The standard InChI is InChI=1S/C10H16N2O2S2/c13-9-11-5-1-3-7-15-16-8-4-2-6-12-10-14/h1-8H2. The third kappa shape index (κ3) is 13.5. The van der Waals surface area contributed by atoms with Crippen molar-refractivity contribution in [3.8, 4) is 0 Å². The van der Waals surface area contributed by atoms with Gasteiger partial charge in [-0.3, -0.25) is 0 Å². The Hall–Kier alpha value is -0.540. The molecule has 0 fully saturated rings. The fourth-order valence-electron chi connectivity index (χ4n) is 0.913.